The zero-order valence-electron chi connectivity index (χ0n) is 6.60. The van der Waals surface area contributed by atoms with Crippen molar-refractivity contribution in [2.45, 2.75) is 0 Å². The predicted octanol–water partition coefficient (Wildman–Crippen LogP) is -0.993. The zero-order valence-corrected chi connectivity index (χ0v) is 8.31. The smallest absolute Gasteiger partial charge is 0.397 e. The average Bonchev–Trinajstić information content (AvgIpc) is 1.96. The summed E-state index contributed by atoms with van der Waals surface area (Å²) in [6.45, 7) is -0.223. The summed E-state index contributed by atoms with van der Waals surface area (Å²) >= 11 is 4.28. The largest absolute Gasteiger partial charge is 0.454 e. The Labute approximate surface area is 79.9 Å². The molecule has 0 aromatic heterocycles. The minimum atomic E-state index is -3.40. The first-order valence-electron chi connectivity index (χ1n) is 3.08. The molecule has 0 spiro atoms. The van der Waals surface area contributed by atoms with Gasteiger partial charge in [-0.3, -0.25) is 15.4 Å². The number of nitrogens with one attached hydrogen (secondary N) is 1. The van der Waals surface area contributed by atoms with Crippen LogP contribution in [0.15, 0.2) is 12.7 Å². The molecule has 0 heterocycles. The molecule has 6 nitrogen and oxygen atoms in total. The van der Waals surface area contributed by atoms with Crippen molar-refractivity contribution in [3.8, 4) is 0 Å². The van der Waals surface area contributed by atoms with E-state index in [-0.39, 0.29) is 6.61 Å². The summed E-state index contributed by atoms with van der Waals surface area (Å²) in [7, 11) is 0. The number of hydrogen-bond acceptors (Lipinski definition) is 4. The van der Waals surface area contributed by atoms with Gasteiger partial charge >= 0.3 is 11.9 Å². The van der Waals surface area contributed by atoms with Crippen LogP contribution in [-0.2, 0) is 26.1 Å². The van der Waals surface area contributed by atoms with Gasteiger partial charge < -0.3 is 9.63 Å². The van der Waals surface area contributed by atoms with Gasteiger partial charge in [0.15, 0.2) is 0 Å². The van der Waals surface area contributed by atoms with Gasteiger partial charge in [0.1, 0.15) is 6.61 Å². The molecule has 8 heteroatoms. The van der Waals surface area contributed by atoms with Crippen LogP contribution < -0.4 is 10.6 Å². The van der Waals surface area contributed by atoms with Crippen LogP contribution in [0, 0.1) is 0 Å². The second-order valence-electron chi connectivity index (χ2n) is 1.95. The van der Waals surface area contributed by atoms with Crippen molar-refractivity contribution in [2.24, 2.45) is 5.50 Å². The van der Waals surface area contributed by atoms with E-state index >= 15 is 0 Å². The lowest BCUT2D eigenvalue weighted by atomic mass is 10.6. The molecule has 1 unspecified atom stereocenters. The molecule has 0 aliphatic carbocycles. The Bertz CT molecular complexity index is 274. The number of carbonyl (C=O) groups excluding carboxylic acids is 2. The number of hydrogen-bond donors (Lipinski definition) is 3. The molecule has 0 aromatic rings. The highest BCUT2D eigenvalue weighted by atomic mass is 32.4. The fraction of sp³-hybridized carbons (Fsp3) is 0.200. The first-order valence-corrected chi connectivity index (χ1v) is 5.91. The van der Waals surface area contributed by atoms with E-state index in [1.807, 2.05) is 0 Å². The number of esters is 1. The summed E-state index contributed by atoms with van der Waals surface area (Å²) in [5.74, 6) is -2.32. The van der Waals surface area contributed by atoms with E-state index in [1.54, 1.807) is 5.09 Å². The molecule has 74 valence electrons. The number of nitrogens with two attached hydrogens (primary N) is 1. The fourth-order valence-corrected chi connectivity index (χ4v) is 1.02. The fourth-order valence-electron chi connectivity index (χ4n) is 0.391. The monoisotopic (exact) mass is 224 g/mol. The third-order valence-electron chi connectivity index (χ3n) is 0.779. The van der Waals surface area contributed by atoms with Gasteiger partial charge in [0.2, 0.25) is 6.57 Å². The highest BCUT2D eigenvalue weighted by molar-refractivity contribution is 8.10. The summed E-state index contributed by atoms with van der Waals surface area (Å²) in [6, 6.07) is 0. The first kappa shape index (κ1) is 12.2. The van der Waals surface area contributed by atoms with E-state index < -0.39 is 18.4 Å². The zero-order chi connectivity index (χ0) is 10.5. The van der Waals surface area contributed by atoms with Crippen LogP contribution in [0.2, 0.25) is 0 Å². The highest BCUT2D eigenvalue weighted by Gasteiger charge is 2.19. The summed E-state index contributed by atoms with van der Waals surface area (Å²) in [6.07, 6.45) is 1.29. The summed E-state index contributed by atoms with van der Waals surface area (Å²) in [4.78, 5) is 30.3. The van der Waals surface area contributed by atoms with E-state index in [0.29, 0.717) is 0 Å². The lowest BCUT2D eigenvalue weighted by molar-refractivity contribution is -0.153. The van der Waals surface area contributed by atoms with E-state index in [9.17, 15) is 9.59 Å². The number of ether oxygens (including phenoxy) is 1. The number of rotatable bonds is 3. The van der Waals surface area contributed by atoms with E-state index in [4.69, 9.17) is 10.4 Å². The van der Waals surface area contributed by atoms with Crippen LogP contribution in [-0.4, -0.2) is 23.4 Å². The number of carbonyl (C=O) groups is 2. The molecule has 0 saturated carbocycles. The van der Waals surface area contributed by atoms with Gasteiger partial charge in [-0.25, -0.2) is 4.79 Å². The molecule has 0 aliphatic heterocycles. The summed E-state index contributed by atoms with van der Waals surface area (Å²) < 4.78 is 4.33. The maximum atomic E-state index is 10.8. The lowest BCUT2D eigenvalue weighted by Crippen LogP contribution is -2.32. The molecule has 1 amide bonds. The lowest BCUT2D eigenvalue weighted by Gasteiger charge is -2.09. The van der Waals surface area contributed by atoms with Crippen molar-refractivity contribution < 1.29 is 19.2 Å². The van der Waals surface area contributed by atoms with Crippen LogP contribution >= 0.6 is 6.57 Å². The van der Waals surface area contributed by atoms with E-state index in [1.165, 1.54) is 6.08 Å². The normalized spacial score (nSPS) is 14.0. The van der Waals surface area contributed by atoms with Gasteiger partial charge in [0.25, 0.3) is 0 Å². The molecule has 0 radical (unpaired) electrons. The third kappa shape index (κ3) is 6.41. The van der Waals surface area contributed by atoms with Crippen molar-refractivity contribution in [2.75, 3.05) is 6.61 Å². The van der Waals surface area contributed by atoms with Crippen molar-refractivity contribution in [3.05, 3.63) is 12.7 Å². The van der Waals surface area contributed by atoms with E-state index in [0.717, 1.165) is 0 Å². The molecule has 0 bridgehead atoms. The maximum Gasteiger partial charge on any atom is 0.397 e. The molecule has 4 N–H and O–H groups in total. The maximum absolute atomic E-state index is 10.8. The van der Waals surface area contributed by atoms with Gasteiger partial charge in [-0.1, -0.05) is 12.7 Å². The Kier molecular flexibility index (Phi) is 4.79. The summed E-state index contributed by atoms with van der Waals surface area (Å²) in [5.41, 5.74) is 4.92. The van der Waals surface area contributed by atoms with Gasteiger partial charge in [0.05, 0.1) is 0 Å². The minimum Gasteiger partial charge on any atom is -0.454 e. The standard InChI is InChI=1S/C5H9N2O4PS/c1-2-3-11-5(9)4(8)7-12(6,10)13/h2H,1,3H2,(H4,6,7,8,10,13). The molecular formula is C5H9N2O4PS. The molecule has 13 heavy (non-hydrogen) atoms. The van der Waals surface area contributed by atoms with Gasteiger partial charge in [-0.05, 0) is 11.8 Å². The molecule has 0 rings (SSSR count). The van der Waals surface area contributed by atoms with Crippen LogP contribution in [0.3, 0.4) is 0 Å². The topological polar surface area (TPSA) is 102 Å². The Morgan fingerprint density at radius 3 is 2.69 bits per heavy atom. The van der Waals surface area contributed by atoms with Crippen LogP contribution in [0.4, 0.5) is 0 Å². The Balaban J connectivity index is 4.05. The van der Waals surface area contributed by atoms with Gasteiger partial charge in [-0.2, -0.15) is 0 Å². The van der Waals surface area contributed by atoms with Crippen molar-refractivity contribution in [3.63, 3.8) is 0 Å². The minimum absolute atomic E-state index is 0.0921. The Morgan fingerprint density at radius 2 is 2.31 bits per heavy atom. The molecule has 1 atom stereocenters. The molecule has 0 fully saturated rings. The van der Waals surface area contributed by atoms with Gasteiger partial charge in [-0.15, -0.1) is 0 Å². The number of amides is 1. The second-order valence-corrected chi connectivity index (χ2v) is 5.09. The van der Waals surface area contributed by atoms with Crippen LogP contribution in [0.5, 0.6) is 0 Å². The second kappa shape index (κ2) is 5.08. The van der Waals surface area contributed by atoms with Crippen molar-refractivity contribution in [1.29, 1.82) is 0 Å². The first-order chi connectivity index (χ1) is 5.87. The van der Waals surface area contributed by atoms with Gasteiger partial charge in [0, 0.05) is 0 Å². The quantitative estimate of drug-likeness (QED) is 0.246. The molecule has 0 aromatic carbocycles. The van der Waals surface area contributed by atoms with E-state index in [2.05, 4.69) is 23.1 Å². The predicted molar refractivity (Wildman–Crippen MR) is 50.0 cm³/mol. The van der Waals surface area contributed by atoms with Crippen LogP contribution in [0.25, 0.3) is 0 Å². The van der Waals surface area contributed by atoms with Crippen molar-refractivity contribution in [1.82, 2.24) is 5.09 Å². The van der Waals surface area contributed by atoms with Crippen molar-refractivity contribution >= 4 is 30.2 Å². The molecule has 0 saturated heterocycles. The Morgan fingerprint density at radius 1 is 1.77 bits per heavy atom. The average molecular weight is 224 g/mol. The van der Waals surface area contributed by atoms with Crippen LogP contribution in [0.1, 0.15) is 0 Å². The molecular weight excluding hydrogens is 215 g/mol. The SMILES string of the molecule is C=CCOC(=O)C(=O)NP(N)(O)=S. The summed E-state index contributed by atoms with van der Waals surface area (Å²) in [5, 5.41) is 1.74. The molecule has 0 aliphatic rings. The highest BCUT2D eigenvalue weighted by Crippen LogP contribution is 2.22. The third-order valence-corrected chi connectivity index (χ3v) is 1.58. The Hall–Kier alpha value is -0.750.